The van der Waals surface area contributed by atoms with Crippen LogP contribution in [0.25, 0.3) is 5.76 Å². The number of hydrogen-bond acceptors (Lipinski definition) is 6. The monoisotopic (exact) mass is 453 g/mol. The summed E-state index contributed by atoms with van der Waals surface area (Å²) in [4.78, 5) is 29.7. The molecule has 5 nitrogen and oxygen atoms in total. The van der Waals surface area contributed by atoms with Crippen molar-refractivity contribution in [1.82, 2.24) is 4.90 Å². The van der Waals surface area contributed by atoms with E-state index in [4.69, 9.17) is 4.74 Å². The molecule has 1 N–H and O–H groups in total. The van der Waals surface area contributed by atoms with Gasteiger partial charge in [0.2, 0.25) is 0 Å². The maximum Gasteiger partial charge on any atom is 0.296 e. The summed E-state index contributed by atoms with van der Waals surface area (Å²) in [6.07, 6.45) is 0. The average Bonchev–Trinajstić information content (AvgIpc) is 3.44. The van der Waals surface area contributed by atoms with Gasteiger partial charge in [-0.1, -0.05) is 12.1 Å². The Hall–Kier alpha value is -2.90. The van der Waals surface area contributed by atoms with Crippen molar-refractivity contribution in [2.75, 3.05) is 7.11 Å². The molecule has 0 aliphatic carbocycles. The predicted molar refractivity (Wildman–Crippen MR) is 124 cm³/mol. The fraction of sp³-hybridized carbons (Fsp3) is 0.250. The minimum Gasteiger partial charge on any atom is -0.507 e. The van der Waals surface area contributed by atoms with Crippen LogP contribution in [0.2, 0.25) is 0 Å². The maximum absolute atomic E-state index is 13.2. The SMILES string of the molecule is COc1c(C)cc(C)cc1/C(O)=C1\C(=O)C(=O)N(Cc2cccs2)C1c1sccc1C. The molecule has 1 amide bonds. The molecule has 1 atom stereocenters. The van der Waals surface area contributed by atoms with Gasteiger partial charge in [-0.05, 0) is 66.4 Å². The fourth-order valence-electron chi connectivity index (χ4n) is 4.10. The third-order valence-corrected chi connectivity index (χ3v) is 7.41. The molecule has 2 aromatic heterocycles. The lowest BCUT2D eigenvalue weighted by molar-refractivity contribution is -0.140. The van der Waals surface area contributed by atoms with Crippen LogP contribution < -0.4 is 4.74 Å². The van der Waals surface area contributed by atoms with Crippen LogP contribution in [-0.4, -0.2) is 28.8 Å². The molecule has 1 unspecified atom stereocenters. The van der Waals surface area contributed by atoms with E-state index >= 15 is 0 Å². The number of aryl methyl sites for hydroxylation is 3. The number of methoxy groups -OCH3 is 1. The van der Waals surface area contributed by atoms with Crippen molar-refractivity contribution >= 4 is 40.1 Å². The van der Waals surface area contributed by atoms with Crippen molar-refractivity contribution in [2.24, 2.45) is 0 Å². The molecule has 1 aromatic carbocycles. The van der Waals surface area contributed by atoms with Gasteiger partial charge in [0.15, 0.2) is 0 Å². The Morgan fingerprint density at radius 1 is 1.10 bits per heavy atom. The highest BCUT2D eigenvalue weighted by atomic mass is 32.1. The highest BCUT2D eigenvalue weighted by Gasteiger charge is 2.47. The van der Waals surface area contributed by atoms with Crippen LogP contribution in [0.5, 0.6) is 5.75 Å². The molecule has 1 aliphatic rings. The van der Waals surface area contributed by atoms with E-state index in [-0.39, 0.29) is 11.3 Å². The number of rotatable bonds is 5. The molecule has 31 heavy (non-hydrogen) atoms. The van der Waals surface area contributed by atoms with Gasteiger partial charge in [0.25, 0.3) is 11.7 Å². The van der Waals surface area contributed by atoms with Crippen molar-refractivity contribution in [2.45, 2.75) is 33.4 Å². The second-order valence-corrected chi connectivity index (χ2v) is 9.62. The lowest BCUT2D eigenvalue weighted by Crippen LogP contribution is -2.28. The predicted octanol–water partition coefficient (Wildman–Crippen LogP) is 5.37. The number of ketones is 1. The van der Waals surface area contributed by atoms with Gasteiger partial charge >= 0.3 is 0 Å². The largest absolute Gasteiger partial charge is 0.507 e. The Morgan fingerprint density at radius 2 is 1.87 bits per heavy atom. The van der Waals surface area contributed by atoms with Gasteiger partial charge in [-0.2, -0.15) is 0 Å². The third kappa shape index (κ3) is 3.68. The van der Waals surface area contributed by atoms with E-state index < -0.39 is 17.7 Å². The quantitative estimate of drug-likeness (QED) is 0.321. The smallest absolute Gasteiger partial charge is 0.296 e. The number of benzene rings is 1. The second-order valence-electron chi connectivity index (χ2n) is 7.64. The number of aliphatic hydroxyl groups is 1. The number of likely N-dealkylation sites (tertiary alicyclic amines) is 1. The Morgan fingerprint density at radius 3 is 2.48 bits per heavy atom. The van der Waals surface area contributed by atoms with E-state index in [2.05, 4.69) is 0 Å². The van der Waals surface area contributed by atoms with Gasteiger partial charge in [0.1, 0.15) is 17.6 Å². The van der Waals surface area contributed by atoms with Gasteiger partial charge in [-0.25, -0.2) is 0 Å². The molecule has 3 aromatic rings. The Bertz CT molecular complexity index is 1190. The van der Waals surface area contributed by atoms with Crippen LogP contribution in [-0.2, 0) is 16.1 Å². The Balaban J connectivity index is 1.94. The normalized spacial score (nSPS) is 18.1. The third-order valence-electron chi connectivity index (χ3n) is 5.47. The molecule has 0 radical (unpaired) electrons. The number of Topliss-reactive ketones (excluding diaryl/α,β-unsaturated/α-hetero) is 1. The topological polar surface area (TPSA) is 66.8 Å². The van der Waals surface area contributed by atoms with Crippen LogP contribution in [0.4, 0.5) is 0 Å². The lowest BCUT2D eigenvalue weighted by Gasteiger charge is -2.24. The van der Waals surface area contributed by atoms with E-state index in [0.29, 0.717) is 17.9 Å². The van der Waals surface area contributed by atoms with Gasteiger partial charge in [-0.3, -0.25) is 9.59 Å². The maximum atomic E-state index is 13.2. The van der Waals surface area contributed by atoms with Crippen molar-refractivity contribution < 1.29 is 19.4 Å². The van der Waals surface area contributed by atoms with Crippen molar-refractivity contribution in [3.63, 3.8) is 0 Å². The zero-order valence-electron chi connectivity index (χ0n) is 17.8. The number of nitrogens with zero attached hydrogens (tertiary/aromatic N) is 1. The summed E-state index contributed by atoms with van der Waals surface area (Å²) in [6.45, 7) is 6.07. The van der Waals surface area contributed by atoms with Crippen molar-refractivity contribution in [3.05, 3.63) is 78.7 Å². The van der Waals surface area contributed by atoms with Crippen LogP contribution in [0.1, 0.15) is 38.0 Å². The number of hydrogen-bond donors (Lipinski definition) is 1. The first-order chi connectivity index (χ1) is 14.8. The van der Waals surface area contributed by atoms with E-state index in [1.807, 2.05) is 55.8 Å². The molecule has 4 rings (SSSR count). The summed E-state index contributed by atoms with van der Waals surface area (Å²) in [6, 6.07) is 8.91. The number of aliphatic hydroxyl groups excluding tert-OH is 1. The van der Waals surface area contributed by atoms with E-state index in [0.717, 1.165) is 26.4 Å². The summed E-state index contributed by atoms with van der Waals surface area (Å²) >= 11 is 3.01. The first-order valence-electron chi connectivity index (χ1n) is 9.83. The molecule has 1 saturated heterocycles. The van der Waals surface area contributed by atoms with Crippen LogP contribution in [0.15, 0.2) is 46.7 Å². The van der Waals surface area contributed by atoms with Crippen LogP contribution >= 0.6 is 22.7 Å². The van der Waals surface area contributed by atoms with Gasteiger partial charge in [-0.15, -0.1) is 22.7 Å². The van der Waals surface area contributed by atoms with Crippen LogP contribution in [0, 0.1) is 20.8 Å². The Labute approximate surface area is 189 Å². The van der Waals surface area contributed by atoms with Gasteiger partial charge < -0.3 is 14.7 Å². The molecular weight excluding hydrogens is 430 g/mol. The molecule has 0 bridgehead atoms. The van der Waals surface area contributed by atoms with Gasteiger partial charge in [0.05, 0.1) is 24.8 Å². The molecule has 7 heteroatoms. The number of carbonyl (C=O) groups excluding carboxylic acids is 2. The summed E-state index contributed by atoms with van der Waals surface area (Å²) in [5.41, 5.74) is 3.28. The molecule has 1 fully saturated rings. The van der Waals surface area contributed by atoms with E-state index in [1.54, 1.807) is 11.0 Å². The summed E-state index contributed by atoms with van der Waals surface area (Å²) in [7, 11) is 1.53. The molecule has 3 heterocycles. The van der Waals surface area contributed by atoms with Crippen molar-refractivity contribution in [3.8, 4) is 5.75 Å². The summed E-state index contributed by atoms with van der Waals surface area (Å²) < 4.78 is 5.54. The molecule has 0 saturated carbocycles. The number of carbonyl (C=O) groups is 2. The molecule has 0 spiro atoms. The minimum absolute atomic E-state index is 0.107. The Kier molecular flexibility index (Phi) is 5.73. The first kappa shape index (κ1) is 21.3. The highest BCUT2D eigenvalue weighted by Crippen LogP contribution is 2.45. The standard InChI is InChI=1S/C24H23NO4S2/c1-13-10-15(3)22(29-4)17(11-13)20(26)18-19(23-14(2)7-9-31-23)25(24(28)21(18)27)12-16-6-5-8-30-16/h5-11,19,26H,12H2,1-4H3/b20-18+. The highest BCUT2D eigenvalue weighted by molar-refractivity contribution is 7.10. The zero-order chi connectivity index (χ0) is 22.3. The molecular formula is C24H23NO4S2. The fourth-order valence-corrected chi connectivity index (χ4v) is 5.85. The zero-order valence-corrected chi connectivity index (χ0v) is 19.4. The number of amides is 1. The van der Waals surface area contributed by atoms with E-state index in [1.165, 1.54) is 29.8 Å². The van der Waals surface area contributed by atoms with Crippen molar-refractivity contribution in [1.29, 1.82) is 0 Å². The van der Waals surface area contributed by atoms with Gasteiger partial charge in [0, 0.05) is 9.75 Å². The number of thiophene rings is 2. The second kappa shape index (κ2) is 8.32. The summed E-state index contributed by atoms with van der Waals surface area (Å²) in [5, 5.41) is 15.3. The summed E-state index contributed by atoms with van der Waals surface area (Å²) in [5.74, 6) is -0.980. The number of ether oxygens (including phenoxy) is 1. The first-order valence-corrected chi connectivity index (χ1v) is 11.6. The minimum atomic E-state index is -0.673. The molecule has 160 valence electrons. The average molecular weight is 454 g/mol. The lowest BCUT2D eigenvalue weighted by atomic mass is 9.96. The molecule has 1 aliphatic heterocycles. The van der Waals surface area contributed by atoms with Crippen LogP contribution in [0.3, 0.4) is 0 Å². The van der Waals surface area contributed by atoms with E-state index in [9.17, 15) is 14.7 Å².